The van der Waals surface area contributed by atoms with Crippen LogP contribution in [0, 0.1) is 6.92 Å². The zero-order valence-electron chi connectivity index (χ0n) is 14.9. The summed E-state index contributed by atoms with van der Waals surface area (Å²) in [6.07, 6.45) is 3.47. The van der Waals surface area contributed by atoms with E-state index in [1.54, 1.807) is 16.9 Å². The summed E-state index contributed by atoms with van der Waals surface area (Å²) in [5.41, 5.74) is 3.85. The van der Waals surface area contributed by atoms with Crippen LogP contribution in [-0.4, -0.2) is 38.7 Å². The molecule has 1 N–H and O–H groups in total. The number of hydrogen-bond donors (Lipinski definition) is 1. The Bertz CT molecular complexity index is 1040. The molecule has 0 saturated heterocycles. The van der Waals surface area contributed by atoms with Crippen LogP contribution in [0.25, 0.3) is 17.2 Å². The van der Waals surface area contributed by atoms with E-state index in [1.807, 2.05) is 51.4 Å². The lowest BCUT2D eigenvalue weighted by Gasteiger charge is -2.13. The van der Waals surface area contributed by atoms with Crippen molar-refractivity contribution in [2.45, 2.75) is 6.92 Å². The monoisotopic (exact) mass is 345 g/mol. The number of aryl methyl sites for hydroxylation is 1. The smallest absolute Gasteiger partial charge is 0.254 e. The summed E-state index contributed by atoms with van der Waals surface area (Å²) in [5.74, 6) is 1.96. The predicted molar refractivity (Wildman–Crippen MR) is 103 cm³/mol. The Morgan fingerprint density at radius 3 is 2.54 bits per heavy atom. The summed E-state index contributed by atoms with van der Waals surface area (Å²) in [6.45, 7) is 1.94. The van der Waals surface area contributed by atoms with Gasteiger partial charge in [0.15, 0.2) is 5.82 Å². The number of fused-ring (bicyclic) bond motifs is 1. The Balaban J connectivity index is 1.73. The van der Waals surface area contributed by atoms with E-state index < -0.39 is 0 Å². The fourth-order valence-electron chi connectivity index (χ4n) is 2.68. The summed E-state index contributed by atoms with van der Waals surface area (Å²) in [4.78, 5) is 15.2. The average Bonchev–Trinajstić information content (AvgIpc) is 3.07. The molecule has 7 nitrogen and oxygen atoms in total. The van der Waals surface area contributed by atoms with Gasteiger partial charge in [0.25, 0.3) is 5.78 Å². The van der Waals surface area contributed by atoms with E-state index in [0.717, 1.165) is 28.5 Å². The molecular formula is C19H19N7. The quantitative estimate of drug-likeness (QED) is 0.612. The van der Waals surface area contributed by atoms with E-state index in [2.05, 4.69) is 42.4 Å². The Morgan fingerprint density at radius 1 is 1.04 bits per heavy atom. The Labute approximate surface area is 151 Å². The maximum atomic E-state index is 4.60. The highest BCUT2D eigenvalue weighted by atomic mass is 15.4. The van der Waals surface area contributed by atoms with Crippen LogP contribution in [0.5, 0.6) is 0 Å². The standard InChI is InChI=1S/C19H19N7/c1-13-11-17(22-15-6-8-16(9-7-15)25(2)3)26-19(21-13)23-18(24-26)14-5-4-10-20-12-14/h4-12,22H,1-3H3. The first kappa shape index (κ1) is 16.0. The first-order valence-electron chi connectivity index (χ1n) is 8.29. The van der Waals surface area contributed by atoms with Gasteiger partial charge in [0.05, 0.1) is 0 Å². The van der Waals surface area contributed by atoms with Gasteiger partial charge in [0.2, 0.25) is 0 Å². The maximum Gasteiger partial charge on any atom is 0.254 e. The molecule has 130 valence electrons. The summed E-state index contributed by atoms with van der Waals surface area (Å²) in [6, 6.07) is 14.0. The molecule has 0 fully saturated rings. The molecule has 0 unspecified atom stereocenters. The van der Waals surface area contributed by atoms with Crippen LogP contribution in [0.1, 0.15) is 5.69 Å². The van der Waals surface area contributed by atoms with Gasteiger partial charge >= 0.3 is 0 Å². The van der Waals surface area contributed by atoms with E-state index in [-0.39, 0.29) is 0 Å². The molecule has 0 saturated carbocycles. The van der Waals surface area contributed by atoms with Crippen LogP contribution >= 0.6 is 0 Å². The molecule has 1 aromatic carbocycles. The minimum Gasteiger partial charge on any atom is -0.378 e. The van der Waals surface area contributed by atoms with E-state index >= 15 is 0 Å². The van der Waals surface area contributed by atoms with Crippen LogP contribution in [0.15, 0.2) is 54.9 Å². The molecule has 7 heteroatoms. The third-order valence-electron chi connectivity index (χ3n) is 4.02. The number of pyridine rings is 1. The average molecular weight is 345 g/mol. The molecule has 0 amide bonds. The fourth-order valence-corrected chi connectivity index (χ4v) is 2.68. The maximum absolute atomic E-state index is 4.60. The molecular weight excluding hydrogens is 326 g/mol. The highest BCUT2D eigenvalue weighted by Gasteiger charge is 2.12. The highest BCUT2D eigenvalue weighted by Crippen LogP contribution is 2.22. The molecule has 0 aliphatic heterocycles. The minimum atomic E-state index is 0.552. The van der Waals surface area contributed by atoms with Crippen LogP contribution in [0.3, 0.4) is 0 Å². The number of anilines is 3. The van der Waals surface area contributed by atoms with Gasteiger partial charge in [-0.05, 0) is 43.3 Å². The van der Waals surface area contributed by atoms with E-state index in [0.29, 0.717) is 11.6 Å². The number of aromatic nitrogens is 5. The molecule has 0 bridgehead atoms. The van der Waals surface area contributed by atoms with E-state index in [1.165, 1.54) is 0 Å². The number of hydrogen-bond acceptors (Lipinski definition) is 6. The van der Waals surface area contributed by atoms with E-state index in [9.17, 15) is 0 Å². The van der Waals surface area contributed by atoms with Crippen molar-refractivity contribution in [1.29, 1.82) is 0 Å². The van der Waals surface area contributed by atoms with Gasteiger partial charge in [-0.1, -0.05) is 0 Å². The third-order valence-corrected chi connectivity index (χ3v) is 4.02. The van der Waals surface area contributed by atoms with Crippen molar-refractivity contribution in [3.8, 4) is 11.4 Å². The molecule has 0 aliphatic carbocycles. The van der Waals surface area contributed by atoms with Gasteiger partial charge < -0.3 is 10.2 Å². The second kappa shape index (κ2) is 6.44. The van der Waals surface area contributed by atoms with Crippen molar-refractivity contribution < 1.29 is 0 Å². The molecule has 0 radical (unpaired) electrons. The molecule has 3 aromatic heterocycles. The SMILES string of the molecule is Cc1cc(Nc2ccc(N(C)C)cc2)n2nc(-c3cccnc3)nc2n1. The summed E-state index contributed by atoms with van der Waals surface area (Å²) in [7, 11) is 4.04. The van der Waals surface area contributed by atoms with Gasteiger partial charge in [-0.2, -0.15) is 9.50 Å². The number of nitrogens with one attached hydrogen (secondary N) is 1. The number of rotatable bonds is 4. The molecule has 4 rings (SSSR count). The molecule has 0 atom stereocenters. The van der Waals surface area contributed by atoms with Crippen molar-refractivity contribution in [2.75, 3.05) is 24.3 Å². The van der Waals surface area contributed by atoms with Crippen molar-refractivity contribution >= 4 is 23.0 Å². The van der Waals surface area contributed by atoms with Gasteiger partial charge in [0.1, 0.15) is 5.82 Å². The highest BCUT2D eigenvalue weighted by molar-refractivity contribution is 5.63. The lowest BCUT2D eigenvalue weighted by atomic mass is 10.2. The zero-order chi connectivity index (χ0) is 18.1. The first-order chi connectivity index (χ1) is 12.6. The second-order valence-corrected chi connectivity index (χ2v) is 6.24. The summed E-state index contributed by atoms with van der Waals surface area (Å²) >= 11 is 0. The topological polar surface area (TPSA) is 71.2 Å². The van der Waals surface area contributed by atoms with Gasteiger partial charge in [-0.15, -0.1) is 5.10 Å². The van der Waals surface area contributed by atoms with E-state index in [4.69, 9.17) is 0 Å². The first-order valence-corrected chi connectivity index (χ1v) is 8.29. The van der Waals surface area contributed by atoms with Crippen molar-refractivity contribution in [1.82, 2.24) is 24.6 Å². The molecule has 26 heavy (non-hydrogen) atoms. The van der Waals surface area contributed by atoms with Crippen LogP contribution < -0.4 is 10.2 Å². The number of benzene rings is 1. The minimum absolute atomic E-state index is 0.552. The van der Waals surface area contributed by atoms with Crippen LogP contribution in [0.2, 0.25) is 0 Å². The summed E-state index contributed by atoms with van der Waals surface area (Å²) < 4.78 is 1.72. The lowest BCUT2D eigenvalue weighted by molar-refractivity contribution is 0.940. The largest absolute Gasteiger partial charge is 0.378 e. The van der Waals surface area contributed by atoms with Crippen molar-refractivity contribution in [3.05, 3.63) is 60.6 Å². The molecule has 0 spiro atoms. The van der Waals surface area contributed by atoms with Gasteiger partial charge in [0, 0.05) is 55.2 Å². The normalized spacial score (nSPS) is 10.9. The van der Waals surface area contributed by atoms with Crippen LogP contribution in [-0.2, 0) is 0 Å². The number of nitrogens with zero attached hydrogens (tertiary/aromatic N) is 6. The van der Waals surface area contributed by atoms with Crippen molar-refractivity contribution in [2.24, 2.45) is 0 Å². The Morgan fingerprint density at radius 2 is 1.85 bits per heavy atom. The lowest BCUT2D eigenvalue weighted by Crippen LogP contribution is -2.08. The summed E-state index contributed by atoms with van der Waals surface area (Å²) in [5, 5.41) is 8.00. The predicted octanol–water partition coefficient (Wildman–Crippen LogP) is 3.30. The van der Waals surface area contributed by atoms with Crippen LogP contribution in [0.4, 0.5) is 17.2 Å². The van der Waals surface area contributed by atoms with Gasteiger partial charge in [-0.25, -0.2) is 4.98 Å². The molecule has 0 aliphatic rings. The second-order valence-electron chi connectivity index (χ2n) is 6.24. The fraction of sp³-hybridized carbons (Fsp3) is 0.158. The molecule has 4 aromatic rings. The Kier molecular flexibility index (Phi) is 3.96. The Hall–Kier alpha value is -3.48. The van der Waals surface area contributed by atoms with Crippen molar-refractivity contribution in [3.63, 3.8) is 0 Å². The zero-order valence-corrected chi connectivity index (χ0v) is 14.9. The molecule has 3 heterocycles. The third kappa shape index (κ3) is 3.06. The van der Waals surface area contributed by atoms with Gasteiger partial charge in [-0.3, -0.25) is 4.98 Å².